The van der Waals surface area contributed by atoms with Crippen LogP contribution in [0.4, 0.5) is 5.69 Å². The van der Waals surface area contributed by atoms with Gasteiger partial charge in [0.25, 0.3) is 0 Å². The van der Waals surface area contributed by atoms with E-state index in [-0.39, 0.29) is 17.1 Å². The number of nitrogens with two attached hydrogens (primary N) is 1. The Morgan fingerprint density at radius 3 is 1.33 bits per heavy atom. The first-order chi connectivity index (χ1) is 8.39. The molecule has 0 aliphatic carbocycles. The summed E-state index contributed by atoms with van der Waals surface area (Å²) in [5.74, 6) is 0. The van der Waals surface area contributed by atoms with Crippen LogP contribution in [-0.4, -0.2) is 0 Å². The first kappa shape index (κ1) is 16.2. The number of rotatable bonds is 0. The van der Waals surface area contributed by atoms with Gasteiger partial charge in [-0.2, -0.15) is 18.2 Å². The van der Waals surface area contributed by atoms with Crippen molar-refractivity contribution in [2.24, 2.45) is 0 Å². The fourth-order valence-corrected chi connectivity index (χ4v) is 1.09. The molecule has 0 aliphatic heterocycles. The van der Waals surface area contributed by atoms with Crippen molar-refractivity contribution in [2.45, 2.75) is 0 Å². The van der Waals surface area contributed by atoms with Crippen LogP contribution in [0, 0.1) is 0 Å². The molecule has 0 aliphatic rings. The summed E-state index contributed by atoms with van der Waals surface area (Å²) in [5.41, 5.74) is 6.18. The molecule has 0 saturated carbocycles. The van der Waals surface area contributed by atoms with E-state index in [9.17, 15) is 0 Å². The molecule has 0 spiro atoms. The average Bonchev–Trinajstić information content (AvgIpc) is 3.09. The van der Waals surface area contributed by atoms with Crippen LogP contribution in [0.25, 0.3) is 0 Å². The second-order valence-electron chi connectivity index (χ2n) is 3.34. The van der Waals surface area contributed by atoms with E-state index in [2.05, 4.69) is 0 Å². The fraction of sp³-hybridized carbons (Fsp3) is 0. The van der Waals surface area contributed by atoms with Crippen LogP contribution < -0.4 is 5.73 Å². The van der Waals surface area contributed by atoms with Crippen molar-refractivity contribution in [3.63, 3.8) is 0 Å². The van der Waals surface area contributed by atoms with E-state index in [0.717, 1.165) is 5.69 Å². The van der Waals surface area contributed by atoms with Gasteiger partial charge in [0.15, 0.2) is 0 Å². The molecule has 0 saturated heterocycles. The molecular weight excluding hydrogens is 262 g/mol. The number of benzene rings is 1. The maximum atomic E-state index is 5.36. The zero-order valence-electron chi connectivity index (χ0n) is 10.1. The summed E-state index contributed by atoms with van der Waals surface area (Å²) in [6.45, 7) is 0. The third-order valence-corrected chi connectivity index (χ3v) is 1.91. The molecule has 3 aromatic carbocycles. The van der Waals surface area contributed by atoms with E-state index in [4.69, 9.17) is 5.73 Å². The van der Waals surface area contributed by atoms with Crippen LogP contribution in [0.2, 0.25) is 0 Å². The van der Waals surface area contributed by atoms with E-state index in [1.165, 1.54) is 0 Å². The second kappa shape index (κ2) is 11.7. The summed E-state index contributed by atoms with van der Waals surface area (Å²) < 4.78 is 0. The monoisotopic (exact) mass is 279 g/mol. The molecule has 3 rings (SSSR count). The van der Waals surface area contributed by atoms with Gasteiger partial charge in [-0.15, -0.1) is 0 Å². The van der Waals surface area contributed by atoms with Crippen molar-refractivity contribution in [2.75, 3.05) is 5.73 Å². The standard InChI is InChI=1S/C6H7N.2C5H5.Fe/c7-6-4-2-1-3-5-6;2*1-2-4-5-3-1;/h1-5H,7H2;2*1-5H;/q;-5;-1;. The number of nitrogen functional groups attached to an aromatic ring is 1. The molecule has 0 fully saturated rings. The molecular formula is C16H17FeN-6. The van der Waals surface area contributed by atoms with Crippen LogP contribution in [-0.2, 0) is 17.1 Å². The first-order valence-corrected chi connectivity index (χ1v) is 5.53. The Balaban J connectivity index is 0.000000239. The molecule has 2 heteroatoms. The Hall–Kier alpha value is -1.76. The number of anilines is 1. The molecule has 0 amide bonds. The van der Waals surface area contributed by atoms with Crippen molar-refractivity contribution < 1.29 is 17.1 Å². The van der Waals surface area contributed by atoms with Crippen LogP contribution in [0.3, 0.4) is 0 Å². The molecule has 0 unspecified atom stereocenters. The van der Waals surface area contributed by atoms with Gasteiger partial charge in [0.2, 0.25) is 0 Å². The average molecular weight is 279 g/mol. The largest absolute Gasteiger partial charge is 0.748 e. The van der Waals surface area contributed by atoms with Crippen molar-refractivity contribution in [3.8, 4) is 0 Å². The Labute approximate surface area is 119 Å². The Bertz CT molecular complexity index is 368. The number of hydrogen-bond donors (Lipinski definition) is 1. The van der Waals surface area contributed by atoms with Gasteiger partial charge in [0, 0.05) is 22.8 Å². The molecule has 0 aromatic heterocycles. The summed E-state index contributed by atoms with van der Waals surface area (Å²) in [6.07, 6.45) is 0. The molecule has 0 bridgehead atoms. The molecule has 2 N–H and O–H groups in total. The van der Waals surface area contributed by atoms with Crippen LogP contribution >= 0.6 is 0 Å². The Morgan fingerprint density at radius 2 is 1.11 bits per heavy atom. The van der Waals surface area contributed by atoms with Crippen LogP contribution in [0.1, 0.15) is 0 Å². The van der Waals surface area contributed by atoms with E-state index in [0.29, 0.717) is 0 Å². The number of para-hydroxylation sites is 1. The van der Waals surface area contributed by atoms with Gasteiger partial charge in [0.1, 0.15) is 0 Å². The summed E-state index contributed by atoms with van der Waals surface area (Å²) in [4.78, 5) is 0. The van der Waals surface area contributed by atoms with Crippen LogP contribution in [0.5, 0.6) is 0 Å². The quantitative estimate of drug-likeness (QED) is 0.374. The molecule has 100 valence electrons. The molecule has 0 heterocycles. The fourth-order valence-electron chi connectivity index (χ4n) is 1.09. The third-order valence-electron chi connectivity index (χ3n) is 1.91. The smallest absolute Gasteiger partial charge is 0.0313 e. The summed E-state index contributed by atoms with van der Waals surface area (Å²) in [6, 6.07) is 29.5. The second-order valence-corrected chi connectivity index (χ2v) is 3.34. The minimum absolute atomic E-state index is 0. The zero-order valence-corrected chi connectivity index (χ0v) is 11.2. The van der Waals surface area contributed by atoms with Crippen LogP contribution in [0.15, 0.2) is 91.0 Å². The minimum Gasteiger partial charge on any atom is -0.748 e. The summed E-state index contributed by atoms with van der Waals surface area (Å²) in [7, 11) is 0. The predicted octanol–water partition coefficient (Wildman–Crippen LogP) is 4.08. The minimum atomic E-state index is 0. The van der Waals surface area contributed by atoms with E-state index < -0.39 is 0 Å². The van der Waals surface area contributed by atoms with Gasteiger partial charge >= 0.3 is 0 Å². The normalized spacial score (nSPS) is 7.78. The van der Waals surface area contributed by atoms with Gasteiger partial charge < -0.3 is 36.1 Å². The Morgan fingerprint density at radius 1 is 0.667 bits per heavy atom. The molecule has 0 atom stereocenters. The van der Waals surface area contributed by atoms with Gasteiger partial charge in [0.05, 0.1) is 0 Å². The molecule has 3 aromatic rings. The van der Waals surface area contributed by atoms with E-state index in [1.807, 2.05) is 91.0 Å². The summed E-state index contributed by atoms with van der Waals surface area (Å²) >= 11 is 0. The SMILES string of the molecule is Nc1ccccc1.[Fe].[cH-]1[cH-][cH-][cH-][cH-]1.c1cc[cH-]c1. The number of hydrogen-bond acceptors (Lipinski definition) is 1. The van der Waals surface area contributed by atoms with E-state index >= 15 is 0 Å². The summed E-state index contributed by atoms with van der Waals surface area (Å²) in [5, 5.41) is 0. The van der Waals surface area contributed by atoms with Crippen molar-refractivity contribution in [1.82, 2.24) is 0 Å². The zero-order chi connectivity index (χ0) is 12.2. The molecule has 18 heavy (non-hydrogen) atoms. The first-order valence-electron chi connectivity index (χ1n) is 5.53. The van der Waals surface area contributed by atoms with Gasteiger partial charge in [-0.3, -0.25) is 0 Å². The Kier molecular flexibility index (Phi) is 10.6. The van der Waals surface area contributed by atoms with Gasteiger partial charge in [-0.05, 0) is 12.1 Å². The van der Waals surface area contributed by atoms with Gasteiger partial charge in [-0.25, -0.2) is 12.1 Å². The maximum Gasteiger partial charge on any atom is 0.0313 e. The van der Waals surface area contributed by atoms with Gasteiger partial charge in [-0.1, -0.05) is 18.2 Å². The predicted molar refractivity (Wildman–Crippen MR) is 74.9 cm³/mol. The van der Waals surface area contributed by atoms with E-state index in [1.54, 1.807) is 0 Å². The van der Waals surface area contributed by atoms with Crippen molar-refractivity contribution in [3.05, 3.63) is 91.0 Å². The topological polar surface area (TPSA) is 26.0 Å². The molecule has 0 radical (unpaired) electrons. The van der Waals surface area contributed by atoms with Crippen molar-refractivity contribution in [1.29, 1.82) is 0 Å². The maximum absolute atomic E-state index is 5.36. The van der Waals surface area contributed by atoms with Crippen molar-refractivity contribution >= 4 is 5.69 Å². The molecule has 1 nitrogen and oxygen atoms in total. The third kappa shape index (κ3) is 9.46.